The largest absolute Gasteiger partial charge is 0.394 e. The minimum absolute atomic E-state index is 0.136. The summed E-state index contributed by atoms with van der Waals surface area (Å²) >= 11 is 0. The molecule has 0 spiro atoms. The Balaban J connectivity index is 2.30. The van der Waals surface area contributed by atoms with Crippen LogP contribution in [0, 0.1) is 0 Å². The van der Waals surface area contributed by atoms with Crippen LogP contribution < -0.4 is 5.32 Å². The first-order valence-electron chi connectivity index (χ1n) is 4.95. The van der Waals surface area contributed by atoms with Crippen molar-refractivity contribution < 1.29 is 10.2 Å². The van der Waals surface area contributed by atoms with E-state index in [-0.39, 0.29) is 6.61 Å². The highest BCUT2D eigenvalue weighted by molar-refractivity contribution is 4.81. The molecule has 1 aliphatic rings. The van der Waals surface area contributed by atoms with Gasteiger partial charge in [0.2, 0.25) is 0 Å². The minimum Gasteiger partial charge on any atom is -0.394 e. The molecule has 0 aromatic heterocycles. The molecular formula is C9H20N2O2. The Bertz CT molecular complexity index is 144. The van der Waals surface area contributed by atoms with Crippen molar-refractivity contribution in [1.29, 1.82) is 0 Å². The molecule has 0 aromatic carbocycles. The fraction of sp³-hybridized carbons (Fsp3) is 1.00. The Hall–Kier alpha value is -0.160. The van der Waals surface area contributed by atoms with E-state index in [0.717, 1.165) is 13.1 Å². The quantitative estimate of drug-likeness (QED) is 0.519. The van der Waals surface area contributed by atoms with Crippen LogP contribution in [0.15, 0.2) is 0 Å². The van der Waals surface area contributed by atoms with Crippen molar-refractivity contribution in [2.45, 2.75) is 25.0 Å². The van der Waals surface area contributed by atoms with Crippen LogP contribution in [-0.4, -0.2) is 60.5 Å². The second kappa shape index (κ2) is 5.54. The third-order valence-electron chi connectivity index (χ3n) is 2.59. The number of β-amino-alcohol motifs (C(OH)–C–C–N with tert-alkyl or cyclic N) is 1. The van der Waals surface area contributed by atoms with E-state index in [1.54, 1.807) is 0 Å². The fourth-order valence-corrected chi connectivity index (χ4v) is 1.93. The summed E-state index contributed by atoms with van der Waals surface area (Å²) in [6.07, 6.45) is 1.81. The van der Waals surface area contributed by atoms with Crippen LogP contribution in [0.2, 0.25) is 0 Å². The van der Waals surface area contributed by atoms with E-state index in [9.17, 15) is 5.11 Å². The average molecular weight is 188 g/mol. The first-order valence-corrected chi connectivity index (χ1v) is 4.95. The van der Waals surface area contributed by atoms with Crippen molar-refractivity contribution in [3.05, 3.63) is 0 Å². The van der Waals surface area contributed by atoms with Crippen molar-refractivity contribution in [2.75, 3.05) is 33.3 Å². The monoisotopic (exact) mass is 188 g/mol. The number of rotatable bonds is 5. The van der Waals surface area contributed by atoms with Crippen LogP contribution in [0.3, 0.4) is 0 Å². The molecule has 4 heteroatoms. The summed E-state index contributed by atoms with van der Waals surface area (Å²) in [6, 6.07) is 0.534. The zero-order chi connectivity index (χ0) is 9.68. The number of aliphatic hydroxyl groups is 2. The summed E-state index contributed by atoms with van der Waals surface area (Å²) in [6.45, 7) is 2.48. The molecule has 3 N–H and O–H groups in total. The maximum absolute atomic E-state index is 9.29. The van der Waals surface area contributed by atoms with Gasteiger partial charge in [0.1, 0.15) is 0 Å². The highest BCUT2D eigenvalue weighted by Gasteiger charge is 2.24. The lowest BCUT2D eigenvalue weighted by Gasteiger charge is -2.25. The second-order valence-electron chi connectivity index (χ2n) is 3.69. The summed E-state index contributed by atoms with van der Waals surface area (Å²) in [5.41, 5.74) is 0. The Morgan fingerprint density at radius 1 is 1.62 bits per heavy atom. The summed E-state index contributed by atoms with van der Waals surface area (Å²) in [5, 5.41) is 21.2. The summed E-state index contributed by atoms with van der Waals surface area (Å²) in [4.78, 5) is 2.25. The molecule has 0 saturated carbocycles. The molecule has 0 radical (unpaired) electrons. The van der Waals surface area contributed by atoms with Gasteiger partial charge in [0.05, 0.1) is 12.7 Å². The van der Waals surface area contributed by atoms with Crippen LogP contribution in [-0.2, 0) is 0 Å². The van der Waals surface area contributed by atoms with Gasteiger partial charge in [0.25, 0.3) is 0 Å². The van der Waals surface area contributed by atoms with Crippen LogP contribution in [0.5, 0.6) is 0 Å². The predicted molar refractivity (Wildman–Crippen MR) is 51.6 cm³/mol. The molecule has 0 bridgehead atoms. The van der Waals surface area contributed by atoms with Gasteiger partial charge in [-0.2, -0.15) is 0 Å². The molecule has 1 heterocycles. The molecule has 0 aromatic rings. The lowest BCUT2D eigenvalue weighted by atomic mass is 10.2. The standard InChI is InChI=1S/C9H20N2O2/c1-10-5-8-3-2-4-11(8)6-9(13)7-12/h8-10,12-13H,2-7H2,1H3. The molecule has 1 saturated heterocycles. The van der Waals surface area contributed by atoms with Crippen molar-refractivity contribution in [1.82, 2.24) is 10.2 Å². The van der Waals surface area contributed by atoms with Gasteiger partial charge in [0, 0.05) is 19.1 Å². The van der Waals surface area contributed by atoms with Gasteiger partial charge in [-0.3, -0.25) is 4.90 Å². The molecule has 0 amide bonds. The Kier molecular flexibility index (Phi) is 4.66. The molecular weight excluding hydrogens is 168 g/mol. The van der Waals surface area contributed by atoms with E-state index in [1.807, 2.05) is 7.05 Å². The lowest BCUT2D eigenvalue weighted by Crippen LogP contribution is -2.41. The highest BCUT2D eigenvalue weighted by atomic mass is 16.3. The van der Waals surface area contributed by atoms with Crippen LogP contribution in [0.25, 0.3) is 0 Å². The van der Waals surface area contributed by atoms with Crippen molar-refractivity contribution in [3.63, 3.8) is 0 Å². The average Bonchev–Trinajstić information content (AvgIpc) is 2.54. The third-order valence-corrected chi connectivity index (χ3v) is 2.59. The van der Waals surface area contributed by atoms with Gasteiger partial charge in [-0.05, 0) is 26.4 Å². The van der Waals surface area contributed by atoms with E-state index in [4.69, 9.17) is 5.11 Å². The van der Waals surface area contributed by atoms with E-state index in [0.29, 0.717) is 12.6 Å². The number of likely N-dealkylation sites (tertiary alicyclic amines) is 1. The normalized spacial score (nSPS) is 26.5. The van der Waals surface area contributed by atoms with Crippen molar-refractivity contribution in [3.8, 4) is 0 Å². The Morgan fingerprint density at radius 2 is 2.38 bits per heavy atom. The molecule has 2 atom stereocenters. The number of likely N-dealkylation sites (N-methyl/N-ethyl adjacent to an activating group) is 1. The number of aliphatic hydroxyl groups excluding tert-OH is 2. The maximum atomic E-state index is 9.29. The zero-order valence-corrected chi connectivity index (χ0v) is 8.24. The Morgan fingerprint density at radius 3 is 3.00 bits per heavy atom. The number of nitrogens with zero attached hydrogens (tertiary/aromatic N) is 1. The van der Waals surface area contributed by atoms with E-state index < -0.39 is 6.10 Å². The summed E-state index contributed by atoms with van der Waals surface area (Å²) in [5.74, 6) is 0. The summed E-state index contributed by atoms with van der Waals surface area (Å²) in [7, 11) is 1.94. The summed E-state index contributed by atoms with van der Waals surface area (Å²) < 4.78 is 0. The topological polar surface area (TPSA) is 55.7 Å². The smallest absolute Gasteiger partial charge is 0.0897 e. The van der Waals surface area contributed by atoms with Crippen LogP contribution in [0.1, 0.15) is 12.8 Å². The fourth-order valence-electron chi connectivity index (χ4n) is 1.93. The van der Waals surface area contributed by atoms with Gasteiger partial charge >= 0.3 is 0 Å². The predicted octanol–water partition coefficient (Wildman–Crippen LogP) is -0.977. The number of nitrogens with one attached hydrogen (secondary N) is 1. The maximum Gasteiger partial charge on any atom is 0.0897 e. The van der Waals surface area contributed by atoms with E-state index in [2.05, 4.69) is 10.2 Å². The van der Waals surface area contributed by atoms with Gasteiger partial charge in [-0.15, -0.1) is 0 Å². The second-order valence-corrected chi connectivity index (χ2v) is 3.69. The molecule has 13 heavy (non-hydrogen) atoms. The highest BCUT2D eigenvalue weighted by Crippen LogP contribution is 2.16. The minimum atomic E-state index is -0.586. The van der Waals surface area contributed by atoms with Gasteiger partial charge < -0.3 is 15.5 Å². The Labute approximate surface area is 79.6 Å². The SMILES string of the molecule is CNCC1CCCN1CC(O)CO. The van der Waals surface area contributed by atoms with Crippen molar-refractivity contribution >= 4 is 0 Å². The van der Waals surface area contributed by atoms with Crippen LogP contribution in [0.4, 0.5) is 0 Å². The molecule has 4 nitrogen and oxygen atoms in total. The van der Waals surface area contributed by atoms with E-state index in [1.165, 1.54) is 12.8 Å². The molecule has 0 aliphatic carbocycles. The van der Waals surface area contributed by atoms with Gasteiger partial charge in [0.15, 0.2) is 0 Å². The van der Waals surface area contributed by atoms with E-state index >= 15 is 0 Å². The lowest BCUT2D eigenvalue weighted by molar-refractivity contribution is 0.0555. The zero-order valence-electron chi connectivity index (χ0n) is 8.24. The molecule has 1 rings (SSSR count). The number of hydrogen-bond acceptors (Lipinski definition) is 4. The molecule has 78 valence electrons. The first kappa shape index (κ1) is 10.9. The molecule has 1 fully saturated rings. The van der Waals surface area contributed by atoms with Gasteiger partial charge in [-0.1, -0.05) is 0 Å². The number of hydrogen-bond donors (Lipinski definition) is 3. The first-order chi connectivity index (χ1) is 6.27. The van der Waals surface area contributed by atoms with Crippen LogP contribution >= 0.6 is 0 Å². The molecule has 1 aliphatic heterocycles. The molecule has 2 unspecified atom stereocenters. The third kappa shape index (κ3) is 3.23. The van der Waals surface area contributed by atoms with Gasteiger partial charge in [-0.25, -0.2) is 0 Å². The van der Waals surface area contributed by atoms with Crippen molar-refractivity contribution in [2.24, 2.45) is 0 Å².